The van der Waals surface area contributed by atoms with Crippen LogP contribution >= 0.6 is 11.3 Å². The molecule has 1 amide bonds. The minimum atomic E-state index is -0.535. The summed E-state index contributed by atoms with van der Waals surface area (Å²) in [5.74, 6) is -0.866. The van der Waals surface area contributed by atoms with Gasteiger partial charge in [0.05, 0.1) is 18.2 Å². The number of aromatic nitrogens is 1. The number of pyridine rings is 1. The van der Waals surface area contributed by atoms with E-state index in [4.69, 9.17) is 4.74 Å². The monoisotopic (exact) mass is 352 g/mol. The summed E-state index contributed by atoms with van der Waals surface area (Å²) in [6.07, 6.45) is 3.51. The van der Waals surface area contributed by atoms with Gasteiger partial charge in [-0.25, -0.2) is 4.79 Å². The number of ether oxygens (including phenoxy) is 1. The summed E-state index contributed by atoms with van der Waals surface area (Å²) >= 11 is 1.63. The molecule has 3 aromatic rings. The molecule has 2 aromatic heterocycles. The highest BCUT2D eigenvalue weighted by Crippen LogP contribution is 2.24. The molecule has 0 saturated heterocycles. The van der Waals surface area contributed by atoms with Crippen LogP contribution in [-0.2, 0) is 11.3 Å². The van der Waals surface area contributed by atoms with Crippen LogP contribution < -0.4 is 5.32 Å². The Morgan fingerprint density at radius 3 is 2.64 bits per heavy atom. The molecule has 1 aromatic carbocycles. The van der Waals surface area contributed by atoms with Crippen LogP contribution in [0.2, 0.25) is 0 Å². The molecule has 0 radical (unpaired) electrons. The average molecular weight is 352 g/mol. The first kappa shape index (κ1) is 16.9. The summed E-state index contributed by atoms with van der Waals surface area (Å²) in [7, 11) is 1.29. The van der Waals surface area contributed by atoms with Crippen molar-refractivity contribution in [2.45, 2.75) is 6.54 Å². The maximum absolute atomic E-state index is 12.4. The third-order valence-electron chi connectivity index (χ3n) is 3.63. The molecule has 126 valence electrons. The zero-order chi connectivity index (χ0) is 17.6. The predicted molar refractivity (Wildman–Crippen MR) is 96.5 cm³/mol. The number of nitrogens with one attached hydrogen (secondary N) is 1. The van der Waals surface area contributed by atoms with E-state index in [1.165, 1.54) is 7.11 Å². The minimum absolute atomic E-state index is 0.243. The van der Waals surface area contributed by atoms with Crippen molar-refractivity contribution in [3.05, 3.63) is 76.9 Å². The lowest BCUT2D eigenvalue weighted by atomic mass is 10.1. The predicted octanol–water partition coefficient (Wildman–Crippen LogP) is 3.53. The van der Waals surface area contributed by atoms with Gasteiger partial charge in [-0.3, -0.25) is 9.78 Å². The highest BCUT2D eigenvalue weighted by atomic mass is 32.1. The first-order chi connectivity index (χ1) is 12.2. The Bertz CT molecular complexity index is 891. The van der Waals surface area contributed by atoms with E-state index in [0.29, 0.717) is 6.54 Å². The van der Waals surface area contributed by atoms with Crippen LogP contribution in [0, 0.1) is 0 Å². The molecular formula is C19H16N2O3S. The van der Waals surface area contributed by atoms with Crippen molar-refractivity contribution < 1.29 is 14.3 Å². The number of methoxy groups -OCH3 is 1. The molecule has 0 spiro atoms. The number of nitrogens with zero attached hydrogens (tertiary/aromatic N) is 1. The lowest BCUT2D eigenvalue weighted by molar-refractivity contribution is 0.0596. The molecule has 2 heterocycles. The second-order valence-electron chi connectivity index (χ2n) is 5.28. The molecule has 0 atom stereocenters. The molecule has 0 saturated carbocycles. The first-order valence-corrected chi connectivity index (χ1v) is 8.50. The fraction of sp³-hybridized carbons (Fsp3) is 0.105. The average Bonchev–Trinajstić information content (AvgIpc) is 3.20. The SMILES string of the molecule is COC(=O)c1ccccc1C(=O)NCc1cncc(-c2cccs2)c1. The maximum Gasteiger partial charge on any atom is 0.338 e. The topological polar surface area (TPSA) is 68.3 Å². The number of thiophene rings is 1. The number of amides is 1. The largest absolute Gasteiger partial charge is 0.465 e. The van der Waals surface area contributed by atoms with Gasteiger partial charge in [0.25, 0.3) is 5.91 Å². The number of benzene rings is 1. The van der Waals surface area contributed by atoms with Gasteiger partial charge < -0.3 is 10.1 Å². The second kappa shape index (κ2) is 7.72. The minimum Gasteiger partial charge on any atom is -0.465 e. The zero-order valence-corrected chi connectivity index (χ0v) is 14.4. The number of hydrogen-bond acceptors (Lipinski definition) is 5. The van der Waals surface area contributed by atoms with Crippen molar-refractivity contribution in [2.75, 3.05) is 7.11 Å². The fourth-order valence-electron chi connectivity index (χ4n) is 2.41. The summed E-state index contributed by atoms with van der Waals surface area (Å²) in [6, 6.07) is 12.6. The maximum atomic E-state index is 12.4. The Kier molecular flexibility index (Phi) is 5.20. The van der Waals surface area contributed by atoms with E-state index in [-0.39, 0.29) is 17.0 Å². The molecule has 25 heavy (non-hydrogen) atoms. The smallest absolute Gasteiger partial charge is 0.338 e. The first-order valence-electron chi connectivity index (χ1n) is 7.62. The number of esters is 1. The fourth-order valence-corrected chi connectivity index (χ4v) is 3.12. The van der Waals surface area contributed by atoms with Gasteiger partial charge in [-0.05, 0) is 35.2 Å². The van der Waals surface area contributed by atoms with Gasteiger partial charge in [-0.2, -0.15) is 0 Å². The van der Waals surface area contributed by atoms with Crippen LogP contribution in [0.25, 0.3) is 10.4 Å². The molecule has 0 unspecified atom stereocenters. The van der Waals surface area contributed by atoms with Gasteiger partial charge in [0.15, 0.2) is 0 Å². The molecule has 0 aliphatic heterocycles. The molecule has 1 N–H and O–H groups in total. The van der Waals surface area contributed by atoms with Crippen LogP contribution in [0.1, 0.15) is 26.3 Å². The summed E-state index contributed by atoms with van der Waals surface area (Å²) in [6.45, 7) is 0.320. The van der Waals surface area contributed by atoms with Crippen LogP contribution in [-0.4, -0.2) is 24.0 Å². The Morgan fingerprint density at radius 1 is 1.12 bits per heavy atom. The standard InChI is InChI=1S/C19H16N2O3S/c1-24-19(23)16-6-3-2-5-15(16)18(22)21-11-13-9-14(12-20-10-13)17-7-4-8-25-17/h2-10,12H,11H2,1H3,(H,21,22). The molecule has 3 rings (SSSR count). The third kappa shape index (κ3) is 3.92. The zero-order valence-electron chi connectivity index (χ0n) is 13.6. The number of hydrogen-bond donors (Lipinski definition) is 1. The lowest BCUT2D eigenvalue weighted by Crippen LogP contribution is -2.25. The van der Waals surface area contributed by atoms with Gasteiger partial charge in [0.1, 0.15) is 0 Å². The van der Waals surface area contributed by atoms with Crippen LogP contribution in [0.4, 0.5) is 0 Å². The molecule has 0 bridgehead atoms. The van der Waals surface area contributed by atoms with E-state index in [0.717, 1.165) is 16.0 Å². The van der Waals surface area contributed by atoms with Crippen LogP contribution in [0.3, 0.4) is 0 Å². The molecular weight excluding hydrogens is 336 g/mol. The number of carbonyl (C=O) groups is 2. The van der Waals surface area contributed by atoms with E-state index in [1.54, 1.807) is 48.0 Å². The van der Waals surface area contributed by atoms with Gasteiger partial charge in [-0.1, -0.05) is 18.2 Å². The molecule has 0 fully saturated rings. The molecule has 5 nitrogen and oxygen atoms in total. The van der Waals surface area contributed by atoms with Crippen LogP contribution in [0.15, 0.2) is 60.2 Å². The number of rotatable bonds is 5. The summed E-state index contributed by atoms with van der Waals surface area (Å²) in [4.78, 5) is 29.6. The normalized spacial score (nSPS) is 10.3. The van der Waals surface area contributed by atoms with Crippen molar-refractivity contribution in [1.82, 2.24) is 10.3 Å². The van der Waals surface area contributed by atoms with E-state index < -0.39 is 5.97 Å². The van der Waals surface area contributed by atoms with Crippen molar-refractivity contribution in [1.29, 1.82) is 0 Å². The number of carbonyl (C=O) groups excluding carboxylic acids is 2. The van der Waals surface area contributed by atoms with E-state index in [2.05, 4.69) is 10.3 Å². The highest BCUT2D eigenvalue weighted by molar-refractivity contribution is 7.13. The summed E-state index contributed by atoms with van der Waals surface area (Å²) in [5.41, 5.74) is 2.43. The van der Waals surface area contributed by atoms with Gasteiger partial charge in [0, 0.05) is 29.4 Å². The highest BCUT2D eigenvalue weighted by Gasteiger charge is 2.16. The summed E-state index contributed by atoms with van der Waals surface area (Å²) < 4.78 is 4.72. The van der Waals surface area contributed by atoms with Crippen molar-refractivity contribution in [2.24, 2.45) is 0 Å². The van der Waals surface area contributed by atoms with E-state index >= 15 is 0 Å². The molecule has 6 heteroatoms. The van der Waals surface area contributed by atoms with Crippen molar-refractivity contribution >= 4 is 23.2 Å². The second-order valence-corrected chi connectivity index (χ2v) is 6.23. The Morgan fingerprint density at radius 2 is 1.92 bits per heavy atom. The van der Waals surface area contributed by atoms with E-state index in [1.807, 2.05) is 23.6 Å². The van der Waals surface area contributed by atoms with Crippen LogP contribution in [0.5, 0.6) is 0 Å². The Balaban J connectivity index is 1.73. The van der Waals surface area contributed by atoms with Gasteiger partial charge >= 0.3 is 5.97 Å². The molecule has 0 aliphatic carbocycles. The van der Waals surface area contributed by atoms with Gasteiger partial charge in [-0.15, -0.1) is 11.3 Å². The van der Waals surface area contributed by atoms with E-state index in [9.17, 15) is 9.59 Å². The quantitative estimate of drug-likeness (QED) is 0.713. The van der Waals surface area contributed by atoms with Crippen molar-refractivity contribution in [3.8, 4) is 10.4 Å². The summed E-state index contributed by atoms with van der Waals surface area (Å²) in [5, 5.41) is 4.83. The lowest BCUT2D eigenvalue weighted by Gasteiger charge is -2.09. The molecule has 0 aliphatic rings. The van der Waals surface area contributed by atoms with Crippen molar-refractivity contribution in [3.63, 3.8) is 0 Å². The Labute approximate surface area is 149 Å². The third-order valence-corrected chi connectivity index (χ3v) is 4.55. The Hall–Kier alpha value is -2.99. The van der Waals surface area contributed by atoms with Gasteiger partial charge in [0.2, 0.25) is 0 Å².